The Balaban J connectivity index is 0.00000231. The summed E-state index contributed by atoms with van der Waals surface area (Å²) in [6.45, 7) is 1.57. The summed E-state index contributed by atoms with van der Waals surface area (Å²) in [6, 6.07) is -0.160. The van der Waals surface area contributed by atoms with Crippen molar-refractivity contribution in [3.05, 3.63) is 33.9 Å². The van der Waals surface area contributed by atoms with Crippen LogP contribution >= 0.6 is 12.4 Å². The van der Waals surface area contributed by atoms with E-state index in [0.717, 1.165) is 25.6 Å². The molecule has 2 N–H and O–H groups in total. The number of pyridine rings is 1. The maximum atomic E-state index is 15.7. The Labute approximate surface area is 181 Å². The van der Waals surface area contributed by atoms with Gasteiger partial charge < -0.3 is 24.6 Å². The molecule has 2 atom stereocenters. The highest BCUT2D eigenvalue weighted by Gasteiger charge is 2.39. The third-order valence-corrected chi connectivity index (χ3v) is 6.29. The molecule has 0 bridgehead atoms. The molecule has 7 nitrogen and oxygen atoms in total. The molecule has 3 heterocycles. The molecule has 1 aromatic heterocycles. The van der Waals surface area contributed by atoms with Crippen molar-refractivity contribution in [3.8, 4) is 5.75 Å². The van der Waals surface area contributed by atoms with E-state index >= 15 is 13.2 Å². The number of hydrogen-bond donors (Lipinski definition) is 2. The lowest BCUT2D eigenvalue weighted by Gasteiger charge is -2.24. The molecule has 1 aromatic carbocycles. The van der Waals surface area contributed by atoms with Crippen molar-refractivity contribution in [2.75, 3.05) is 24.5 Å². The number of aromatic nitrogens is 1. The van der Waals surface area contributed by atoms with Gasteiger partial charge in [-0.25, -0.2) is 18.0 Å². The van der Waals surface area contributed by atoms with E-state index in [9.17, 15) is 9.59 Å². The zero-order valence-corrected chi connectivity index (χ0v) is 17.2. The van der Waals surface area contributed by atoms with E-state index in [2.05, 4.69) is 10.1 Å². The Kier molecular flexibility index (Phi) is 5.55. The number of benzene rings is 1. The van der Waals surface area contributed by atoms with Gasteiger partial charge in [-0.15, -0.1) is 12.4 Å². The molecule has 31 heavy (non-hydrogen) atoms. The zero-order chi connectivity index (χ0) is 21.2. The second kappa shape index (κ2) is 7.90. The van der Waals surface area contributed by atoms with Crippen molar-refractivity contribution in [1.29, 1.82) is 0 Å². The molecule has 11 heteroatoms. The van der Waals surface area contributed by atoms with Crippen molar-refractivity contribution < 1.29 is 27.8 Å². The predicted molar refractivity (Wildman–Crippen MR) is 109 cm³/mol. The normalized spacial score (nSPS) is 22.9. The minimum Gasteiger partial charge on any atom is -0.449 e. The van der Waals surface area contributed by atoms with Crippen LogP contribution in [0.3, 0.4) is 0 Å². The van der Waals surface area contributed by atoms with E-state index in [4.69, 9.17) is 5.11 Å². The number of carbonyl (C=O) groups is 1. The van der Waals surface area contributed by atoms with Crippen molar-refractivity contribution in [2.24, 2.45) is 5.92 Å². The minimum atomic E-state index is -1.76. The first-order valence-electron chi connectivity index (χ1n) is 10.0. The molecule has 3 fully saturated rings. The van der Waals surface area contributed by atoms with Crippen molar-refractivity contribution in [3.63, 3.8) is 0 Å². The van der Waals surface area contributed by atoms with Gasteiger partial charge in [-0.05, 0) is 38.1 Å². The van der Waals surface area contributed by atoms with Gasteiger partial charge in [0.15, 0.2) is 23.2 Å². The van der Waals surface area contributed by atoms with Crippen molar-refractivity contribution >= 4 is 35.2 Å². The Morgan fingerprint density at radius 2 is 1.87 bits per heavy atom. The third kappa shape index (κ3) is 3.51. The van der Waals surface area contributed by atoms with Gasteiger partial charge in [-0.3, -0.25) is 4.79 Å². The number of fused-ring (bicyclic) bond motifs is 2. The molecule has 168 valence electrons. The second-order valence-corrected chi connectivity index (χ2v) is 8.21. The highest BCUT2D eigenvalue weighted by molar-refractivity contribution is 5.87. The van der Waals surface area contributed by atoms with Crippen LogP contribution in [-0.4, -0.2) is 41.5 Å². The molecular formula is C20H21ClF3N3O4. The number of halogens is 4. The highest BCUT2D eigenvalue weighted by atomic mass is 35.5. The van der Waals surface area contributed by atoms with Gasteiger partial charge >= 0.3 is 6.16 Å². The van der Waals surface area contributed by atoms with Crippen LogP contribution in [0.5, 0.6) is 5.75 Å². The molecule has 5 rings (SSSR count). The van der Waals surface area contributed by atoms with Gasteiger partial charge in [-0.2, -0.15) is 0 Å². The van der Waals surface area contributed by atoms with E-state index in [1.807, 2.05) is 0 Å². The average molecular weight is 460 g/mol. The smallest absolute Gasteiger partial charge is 0.449 e. The van der Waals surface area contributed by atoms with Crippen LogP contribution in [0.25, 0.3) is 10.9 Å². The molecule has 0 unspecified atom stereocenters. The van der Waals surface area contributed by atoms with Crippen molar-refractivity contribution in [2.45, 2.75) is 37.8 Å². The number of nitrogens with zero attached hydrogens (tertiary/aromatic N) is 2. The van der Waals surface area contributed by atoms with E-state index in [-0.39, 0.29) is 35.9 Å². The lowest BCUT2D eigenvalue weighted by Crippen LogP contribution is -2.40. The minimum absolute atomic E-state index is 0. The molecule has 3 aliphatic rings. The Morgan fingerprint density at radius 1 is 1.13 bits per heavy atom. The fourth-order valence-corrected chi connectivity index (χ4v) is 4.77. The average Bonchev–Trinajstić information content (AvgIpc) is 3.46. The lowest BCUT2D eigenvalue weighted by molar-refractivity contribution is 0.143. The van der Waals surface area contributed by atoms with Crippen LogP contribution in [0.1, 0.15) is 31.7 Å². The predicted octanol–water partition coefficient (Wildman–Crippen LogP) is 3.42. The summed E-state index contributed by atoms with van der Waals surface area (Å²) < 4.78 is 51.6. The number of anilines is 1. The van der Waals surface area contributed by atoms with E-state index in [0.29, 0.717) is 25.9 Å². The number of carboxylic acid groups (broad SMARTS) is 1. The van der Waals surface area contributed by atoms with Gasteiger partial charge in [0, 0.05) is 25.2 Å². The Hall–Kier alpha value is -2.46. The van der Waals surface area contributed by atoms with Gasteiger partial charge in [0.05, 0.1) is 17.1 Å². The zero-order valence-electron chi connectivity index (χ0n) is 16.4. The fraction of sp³-hybridized carbons (Fsp3) is 0.500. The lowest BCUT2D eigenvalue weighted by atomic mass is 9.94. The first kappa shape index (κ1) is 21.8. The number of nitrogens with one attached hydrogen (secondary N) is 1. The number of ether oxygens (including phenoxy) is 1. The second-order valence-electron chi connectivity index (χ2n) is 8.21. The van der Waals surface area contributed by atoms with Crippen LogP contribution in [0.4, 0.5) is 23.7 Å². The van der Waals surface area contributed by atoms with Crippen LogP contribution in [0.15, 0.2) is 11.0 Å². The summed E-state index contributed by atoms with van der Waals surface area (Å²) in [5.74, 6) is -4.39. The standard InChI is InChI=1S/C20H20F3N3O4.ClH/c21-14-13-17(26(10-3-4-10)8-12(19(13)27)30-20(28)29)16(23)18(15(14)22)25-6-9-2-1-5-24-11(9)7-25;/h8-11,24H,1-7H2,(H,28,29);1H/t9-,11+;/m0./s1. The topological polar surface area (TPSA) is 83.8 Å². The van der Waals surface area contributed by atoms with E-state index < -0.39 is 45.9 Å². The van der Waals surface area contributed by atoms with Crippen LogP contribution in [-0.2, 0) is 0 Å². The van der Waals surface area contributed by atoms with Gasteiger partial charge in [-0.1, -0.05) is 0 Å². The molecular weight excluding hydrogens is 439 g/mol. The molecule has 2 saturated heterocycles. The van der Waals surface area contributed by atoms with Gasteiger partial charge in [0.1, 0.15) is 5.69 Å². The summed E-state index contributed by atoms with van der Waals surface area (Å²) in [5.41, 5.74) is -2.02. The third-order valence-electron chi connectivity index (χ3n) is 6.29. The maximum Gasteiger partial charge on any atom is 0.511 e. The highest BCUT2D eigenvalue weighted by Crippen LogP contribution is 2.42. The SMILES string of the molecule is Cl.O=C(O)Oc1cn(C2CC2)c2c(F)c(N3C[C@@H]4CCCN[C@@H]4C3)c(F)c(F)c2c1=O. The summed E-state index contributed by atoms with van der Waals surface area (Å²) >= 11 is 0. The molecule has 1 saturated carbocycles. The van der Waals surface area contributed by atoms with E-state index in [1.165, 1.54) is 9.47 Å². The molecule has 1 aliphatic carbocycles. The number of rotatable bonds is 3. The number of hydrogen-bond acceptors (Lipinski definition) is 5. The summed E-state index contributed by atoms with van der Waals surface area (Å²) in [7, 11) is 0. The largest absolute Gasteiger partial charge is 0.511 e. The van der Waals surface area contributed by atoms with Gasteiger partial charge in [0.2, 0.25) is 5.43 Å². The summed E-state index contributed by atoms with van der Waals surface area (Å²) in [5, 5.41) is 11.4. The Morgan fingerprint density at radius 3 is 2.52 bits per heavy atom. The van der Waals surface area contributed by atoms with Crippen LogP contribution in [0, 0.1) is 23.4 Å². The quantitative estimate of drug-likeness (QED) is 0.540. The first-order chi connectivity index (χ1) is 14.4. The van der Waals surface area contributed by atoms with Crippen LogP contribution in [0.2, 0.25) is 0 Å². The molecule has 0 amide bonds. The van der Waals surface area contributed by atoms with Crippen LogP contribution < -0.4 is 20.4 Å². The van der Waals surface area contributed by atoms with Gasteiger partial charge in [0.25, 0.3) is 0 Å². The molecule has 2 aliphatic heterocycles. The summed E-state index contributed by atoms with van der Waals surface area (Å²) in [6.07, 6.45) is 2.51. The fourth-order valence-electron chi connectivity index (χ4n) is 4.77. The van der Waals surface area contributed by atoms with Crippen molar-refractivity contribution in [1.82, 2.24) is 9.88 Å². The molecule has 0 spiro atoms. The maximum absolute atomic E-state index is 15.7. The Bertz CT molecular complexity index is 1110. The summed E-state index contributed by atoms with van der Waals surface area (Å²) in [4.78, 5) is 25.0. The molecule has 2 aromatic rings. The molecule has 0 radical (unpaired) electrons. The monoisotopic (exact) mass is 459 g/mol. The number of piperidine rings is 1. The van der Waals surface area contributed by atoms with E-state index in [1.54, 1.807) is 0 Å². The first-order valence-corrected chi connectivity index (χ1v) is 10.0.